The van der Waals surface area contributed by atoms with Crippen LogP contribution in [0.4, 0.5) is 32.0 Å². The van der Waals surface area contributed by atoms with E-state index in [1.165, 1.54) is 12.1 Å². The molecule has 202 valence electrons. The summed E-state index contributed by atoms with van der Waals surface area (Å²) < 4.78 is 108. The summed E-state index contributed by atoms with van der Waals surface area (Å²) >= 11 is 5.82. The van der Waals surface area contributed by atoms with Gasteiger partial charge in [0.15, 0.2) is 4.91 Å². The van der Waals surface area contributed by atoms with E-state index >= 15 is 0 Å². The van der Waals surface area contributed by atoms with Gasteiger partial charge in [-0.05, 0) is 62.2 Å². The van der Waals surface area contributed by atoms with Crippen molar-refractivity contribution in [3.63, 3.8) is 0 Å². The Hall–Kier alpha value is -2.91. The summed E-state index contributed by atoms with van der Waals surface area (Å²) in [6.45, 7) is 6.80. The largest absolute Gasteiger partial charge is 0.416 e. The van der Waals surface area contributed by atoms with E-state index in [-0.39, 0.29) is 21.9 Å². The van der Waals surface area contributed by atoms with Crippen LogP contribution in [0.5, 0.6) is 0 Å². The van der Waals surface area contributed by atoms with Gasteiger partial charge in [0.05, 0.1) is 16.0 Å². The lowest BCUT2D eigenvalue weighted by Gasteiger charge is -2.37. The monoisotopic (exact) mass is 567 g/mol. The number of benzene rings is 2. The van der Waals surface area contributed by atoms with Crippen LogP contribution in [0.3, 0.4) is 0 Å². The van der Waals surface area contributed by atoms with Gasteiger partial charge in [-0.3, -0.25) is 0 Å². The van der Waals surface area contributed by atoms with Gasteiger partial charge in [0.2, 0.25) is 9.84 Å². The fourth-order valence-corrected chi connectivity index (χ4v) is 4.39. The van der Waals surface area contributed by atoms with Crippen molar-refractivity contribution in [3.05, 3.63) is 69.3 Å². The number of rotatable bonds is 7. The molecule has 2 aromatic rings. The maximum Gasteiger partial charge on any atom is 0.416 e. The molecule has 13 heteroatoms. The predicted octanol–water partition coefficient (Wildman–Crippen LogP) is 7.00. The van der Waals surface area contributed by atoms with Gasteiger partial charge >= 0.3 is 12.4 Å². The van der Waals surface area contributed by atoms with Gasteiger partial charge in [0, 0.05) is 23.3 Å². The van der Waals surface area contributed by atoms with E-state index in [1.807, 2.05) is 0 Å². The Bertz CT molecular complexity index is 1290. The van der Waals surface area contributed by atoms with Gasteiger partial charge in [-0.25, -0.2) is 8.42 Å². The highest BCUT2D eigenvalue weighted by Crippen LogP contribution is 2.39. The van der Waals surface area contributed by atoms with Crippen LogP contribution in [0.25, 0.3) is 0 Å². The Balaban J connectivity index is 2.91. The molecular weight excluding hydrogens is 544 g/mol. The number of hydrogen-bond acceptors (Lipinski definition) is 5. The Morgan fingerprint density at radius 2 is 1.43 bits per heavy atom. The Kier molecular flexibility index (Phi) is 8.57. The van der Waals surface area contributed by atoms with Crippen molar-refractivity contribution in [2.24, 2.45) is 5.92 Å². The number of nitrogens with one attached hydrogen (secondary N) is 1. The molecule has 0 spiro atoms. The first-order valence-corrected chi connectivity index (χ1v) is 12.5. The smallest absolute Gasteiger partial charge is 0.365 e. The molecule has 0 aliphatic rings. The number of nitrogens with zero attached hydrogens (tertiary/aromatic N) is 2. The standard InChI is InChI=1S/C24H24ClF6N3O2S/c1-14(2)22(3,4)33-21(20(13-32)37(35,36)19-8-6-17(25)7-9-19)34(5)18-11-15(23(26,27)28)10-16(12-18)24(29,30)31/h6-12,14,33H,1-5H3. The quantitative estimate of drug-likeness (QED) is 0.288. The SMILES string of the molecule is CC(C)C(C)(C)NC(=C(C#N)S(=O)(=O)c1ccc(Cl)cc1)N(C)c1cc(C(F)(F)F)cc(C(F)(F)F)c1. The highest BCUT2D eigenvalue weighted by atomic mass is 35.5. The van der Waals surface area contributed by atoms with Crippen LogP contribution >= 0.6 is 11.6 Å². The van der Waals surface area contributed by atoms with Gasteiger partial charge in [0.1, 0.15) is 11.9 Å². The molecule has 37 heavy (non-hydrogen) atoms. The highest BCUT2D eigenvalue weighted by Gasteiger charge is 2.38. The molecule has 0 heterocycles. The van der Waals surface area contributed by atoms with Gasteiger partial charge < -0.3 is 10.2 Å². The van der Waals surface area contributed by atoms with Crippen LogP contribution < -0.4 is 10.2 Å². The van der Waals surface area contributed by atoms with Crippen LogP contribution in [0, 0.1) is 17.2 Å². The first-order chi connectivity index (χ1) is 16.7. The molecule has 2 aromatic carbocycles. The number of sulfone groups is 1. The molecular formula is C24H24ClF6N3O2S. The molecule has 0 aliphatic carbocycles. The van der Waals surface area contributed by atoms with Crippen molar-refractivity contribution >= 4 is 27.1 Å². The van der Waals surface area contributed by atoms with Crippen molar-refractivity contribution in [2.45, 2.75) is 50.5 Å². The van der Waals surface area contributed by atoms with Gasteiger partial charge in [-0.2, -0.15) is 31.6 Å². The average molecular weight is 568 g/mol. The maximum atomic E-state index is 13.5. The van der Waals surface area contributed by atoms with Crippen molar-refractivity contribution in [3.8, 4) is 6.07 Å². The third-order valence-corrected chi connectivity index (χ3v) is 7.86. The normalized spacial score (nSPS) is 13.7. The molecule has 2 rings (SSSR count). The first kappa shape index (κ1) is 30.3. The van der Waals surface area contributed by atoms with E-state index < -0.39 is 55.3 Å². The molecule has 0 fully saturated rings. The van der Waals surface area contributed by atoms with E-state index in [2.05, 4.69) is 5.32 Å². The summed E-state index contributed by atoms with van der Waals surface area (Å²) in [5.74, 6) is -0.704. The molecule has 1 N–H and O–H groups in total. The lowest BCUT2D eigenvalue weighted by Crippen LogP contribution is -2.48. The van der Waals surface area contributed by atoms with Gasteiger partial charge in [-0.1, -0.05) is 25.4 Å². The number of anilines is 1. The summed E-state index contributed by atoms with van der Waals surface area (Å²) in [6, 6.07) is 7.21. The van der Waals surface area contributed by atoms with E-state index in [0.29, 0.717) is 12.1 Å². The minimum atomic E-state index is -5.13. The summed E-state index contributed by atoms with van der Waals surface area (Å²) in [5.41, 5.74) is -4.77. The van der Waals surface area contributed by atoms with E-state index in [1.54, 1.807) is 33.8 Å². The fourth-order valence-electron chi connectivity index (χ4n) is 2.98. The molecule has 0 unspecified atom stereocenters. The van der Waals surface area contributed by atoms with Crippen molar-refractivity contribution in [2.75, 3.05) is 11.9 Å². The van der Waals surface area contributed by atoms with Crippen molar-refractivity contribution in [1.82, 2.24) is 5.32 Å². The predicted molar refractivity (Wildman–Crippen MR) is 128 cm³/mol. The summed E-state index contributed by atoms with van der Waals surface area (Å²) in [4.78, 5) is -0.457. The molecule has 0 radical (unpaired) electrons. The van der Waals surface area contributed by atoms with Crippen LogP contribution in [-0.4, -0.2) is 21.0 Å². The Morgan fingerprint density at radius 1 is 0.973 bits per heavy atom. The van der Waals surface area contributed by atoms with Crippen molar-refractivity contribution in [1.29, 1.82) is 5.26 Å². The molecule has 0 atom stereocenters. The number of nitriles is 1. The minimum Gasteiger partial charge on any atom is -0.365 e. The molecule has 0 amide bonds. The van der Waals surface area contributed by atoms with Gasteiger partial charge in [0.25, 0.3) is 0 Å². The van der Waals surface area contributed by atoms with Gasteiger partial charge in [-0.15, -0.1) is 0 Å². The zero-order valence-corrected chi connectivity index (χ0v) is 22.0. The molecule has 0 aromatic heterocycles. The average Bonchev–Trinajstić information content (AvgIpc) is 2.76. The molecule has 0 bridgehead atoms. The van der Waals surface area contributed by atoms with Crippen LogP contribution in [0.15, 0.2) is 58.1 Å². The molecule has 0 saturated heterocycles. The second-order valence-electron chi connectivity index (χ2n) is 9.07. The fraction of sp³-hybridized carbons (Fsp3) is 0.375. The third-order valence-electron chi connectivity index (χ3n) is 5.89. The first-order valence-electron chi connectivity index (χ1n) is 10.7. The minimum absolute atomic E-state index is 0.0398. The van der Waals surface area contributed by atoms with Crippen LogP contribution in [0.2, 0.25) is 5.02 Å². The second kappa shape index (κ2) is 10.5. The zero-order valence-electron chi connectivity index (χ0n) is 20.4. The van der Waals surface area contributed by atoms with E-state index in [0.717, 1.165) is 24.1 Å². The van der Waals surface area contributed by atoms with E-state index in [4.69, 9.17) is 11.6 Å². The Labute approximate surface area is 216 Å². The summed E-state index contributed by atoms with van der Waals surface area (Å²) in [7, 11) is -3.51. The number of allylic oxidation sites excluding steroid dienone is 1. The molecule has 0 aliphatic heterocycles. The van der Waals surface area contributed by atoms with Crippen molar-refractivity contribution < 1.29 is 34.8 Å². The summed E-state index contributed by atoms with van der Waals surface area (Å²) in [5, 5.41) is 13.0. The second-order valence-corrected chi connectivity index (χ2v) is 11.4. The number of alkyl halides is 6. The van der Waals surface area contributed by atoms with Crippen LogP contribution in [0.1, 0.15) is 38.8 Å². The number of halogens is 7. The summed E-state index contributed by atoms with van der Waals surface area (Å²) in [6.07, 6.45) is -10.3. The van der Waals surface area contributed by atoms with E-state index in [9.17, 15) is 40.0 Å². The number of hydrogen-bond donors (Lipinski definition) is 1. The topological polar surface area (TPSA) is 73.2 Å². The third kappa shape index (κ3) is 6.90. The zero-order chi connectivity index (χ0) is 28.6. The highest BCUT2D eigenvalue weighted by molar-refractivity contribution is 7.95. The molecule has 0 saturated carbocycles. The maximum absolute atomic E-state index is 13.5. The lowest BCUT2D eigenvalue weighted by molar-refractivity contribution is -0.143. The van der Waals surface area contributed by atoms with Crippen LogP contribution in [-0.2, 0) is 22.2 Å². The molecule has 5 nitrogen and oxygen atoms in total. The lowest BCUT2D eigenvalue weighted by atomic mass is 9.91. The Morgan fingerprint density at radius 3 is 1.81 bits per heavy atom.